The fourth-order valence-corrected chi connectivity index (χ4v) is 0.0412. The van der Waals surface area contributed by atoms with Gasteiger partial charge in [0.15, 0.2) is 0 Å². The SMILES string of the molecule is O=COC(=O)O.[LiH]. The van der Waals surface area contributed by atoms with Crippen LogP contribution >= 0.6 is 0 Å². The van der Waals surface area contributed by atoms with Crippen molar-refractivity contribution in [3.05, 3.63) is 0 Å². The average molecular weight is 98.0 g/mol. The molecule has 0 aromatic carbocycles. The molecular formula is C2H3LiO4. The van der Waals surface area contributed by atoms with Crippen molar-refractivity contribution in [2.75, 3.05) is 0 Å². The number of hydrogen-bond donors (Lipinski definition) is 1. The summed E-state index contributed by atoms with van der Waals surface area (Å²) in [7, 11) is 0. The van der Waals surface area contributed by atoms with Gasteiger partial charge in [-0.05, 0) is 0 Å². The van der Waals surface area contributed by atoms with Crippen molar-refractivity contribution >= 4 is 31.5 Å². The first-order valence-electron chi connectivity index (χ1n) is 1.10. The van der Waals surface area contributed by atoms with Crippen LogP contribution in [0.15, 0.2) is 0 Å². The summed E-state index contributed by atoms with van der Waals surface area (Å²) in [6, 6.07) is 0. The fraction of sp³-hybridized carbons (Fsp3) is 0. The van der Waals surface area contributed by atoms with Gasteiger partial charge in [0.25, 0.3) is 0 Å². The molecule has 0 aromatic heterocycles. The second-order valence-electron chi connectivity index (χ2n) is 0.480. The Morgan fingerprint density at radius 1 is 1.71 bits per heavy atom. The number of carbonyl (C=O) groups is 2. The first kappa shape index (κ1) is 9.74. The molecule has 0 amide bonds. The molecule has 0 fully saturated rings. The standard InChI is InChI=1S/C2H2O4.Li.H/c3-1-6-2(4)5;;/h1H,(H,4,5);;. The molecule has 1 N–H and O–H groups in total. The van der Waals surface area contributed by atoms with Crippen molar-refractivity contribution < 1.29 is 19.4 Å². The van der Waals surface area contributed by atoms with Crippen molar-refractivity contribution in [3.63, 3.8) is 0 Å². The van der Waals surface area contributed by atoms with E-state index in [-0.39, 0.29) is 25.3 Å². The molecule has 0 aliphatic rings. The van der Waals surface area contributed by atoms with Crippen molar-refractivity contribution in [3.8, 4) is 0 Å². The number of carbonyl (C=O) groups excluding carboxylic acids is 1. The van der Waals surface area contributed by atoms with E-state index in [1.165, 1.54) is 0 Å². The van der Waals surface area contributed by atoms with Crippen LogP contribution in [0.3, 0.4) is 0 Å². The Morgan fingerprint density at radius 2 is 2.14 bits per heavy atom. The molecule has 0 bridgehead atoms. The molecule has 0 saturated carbocycles. The van der Waals surface area contributed by atoms with E-state index in [2.05, 4.69) is 4.74 Å². The minimum atomic E-state index is -1.58. The van der Waals surface area contributed by atoms with Gasteiger partial charge in [-0.15, -0.1) is 0 Å². The number of carboxylic acid groups (broad SMARTS) is 1. The molecule has 4 nitrogen and oxygen atoms in total. The Labute approximate surface area is 51.6 Å². The van der Waals surface area contributed by atoms with E-state index in [1.54, 1.807) is 0 Å². The van der Waals surface area contributed by atoms with Crippen LogP contribution in [0.2, 0.25) is 0 Å². The Bertz CT molecular complexity index is 70.1. The van der Waals surface area contributed by atoms with Gasteiger partial charge in [0.2, 0.25) is 0 Å². The number of rotatable bonds is 1. The zero-order valence-corrected chi connectivity index (χ0v) is 2.75. The Hall–Kier alpha value is -0.463. The summed E-state index contributed by atoms with van der Waals surface area (Å²) in [6.45, 7) is -0.150. The number of ether oxygens (including phenoxy) is 1. The Kier molecular flexibility index (Phi) is 7.70. The molecule has 0 heterocycles. The summed E-state index contributed by atoms with van der Waals surface area (Å²) < 4.78 is 3.28. The molecule has 0 saturated heterocycles. The molecule has 0 atom stereocenters. The second kappa shape index (κ2) is 5.54. The maximum atomic E-state index is 9.15. The van der Waals surface area contributed by atoms with Crippen LogP contribution in [0.4, 0.5) is 4.79 Å². The van der Waals surface area contributed by atoms with E-state index in [0.717, 1.165) is 0 Å². The molecular weight excluding hydrogens is 95.0 g/mol. The fourth-order valence-electron chi connectivity index (χ4n) is 0.0412. The van der Waals surface area contributed by atoms with Crippen molar-refractivity contribution in [1.82, 2.24) is 0 Å². The summed E-state index contributed by atoms with van der Waals surface area (Å²) in [5, 5.41) is 7.46. The molecule has 7 heavy (non-hydrogen) atoms. The van der Waals surface area contributed by atoms with Crippen LogP contribution < -0.4 is 0 Å². The van der Waals surface area contributed by atoms with E-state index < -0.39 is 6.16 Å². The first-order chi connectivity index (χ1) is 2.77. The van der Waals surface area contributed by atoms with Crippen molar-refractivity contribution in [2.24, 2.45) is 0 Å². The van der Waals surface area contributed by atoms with Gasteiger partial charge in [0.05, 0.1) is 0 Å². The van der Waals surface area contributed by atoms with E-state index in [0.29, 0.717) is 0 Å². The third-order valence-corrected chi connectivity index (χ3v) is 0.149. The van der Waals surface area contributed by atoms with E-state index >= 15 is 0 Å². The van der Waals surface area contributed by atoms with Crippen LogP contribution in [-0.2, 0) is 9.53 Å². The van der Waals surface area contributed by atoms with Gasteiger partial charge in [-0.1, -0.05) is 0 Å². The Balaban J connectivity index is 0. The minimum absolute atomic E-state index is 0. The van der Waals surface area contributed by atoms with Crippen molar-refractivity contribution in [2.45, 2.75) is 0 Å². The quantitative estimate of drug-likeness (QED) is 0.201. The summed E-state index contributed by atoms with van der Waals surface area (Å²) in [5.74, 6) is 0. The van der Waals surface area contributed by atoms with Crippen LogP contribution in [0.5, 0.6) is 0 Å². The van der Waals surface area contributed by atoms with Gasteiger partial charge in [0.1, 0.15) is 0 Å². The zero-order valence-electron chi connectivity index (χ0n) is 2.75. The van der Waals surface area contributed by atoms with E-state index in [1.807, 2.05) is 0 Å². The molecule has 5 heteroatoms. The molecule has 0 aromatic rings. The van der Waals surface area contributed by atoms with Gasteiger partial charge >= 0.3 is 31.5 Å². The summed E-state index contributed by atoms with van der Waals surface area (Å²) in [4.78, 5) is 18.2. The molecule has 0 spiro atoms. The number of hydrogen-bond acceptors (Lipinski definition) is 3. The van der Waals surface area contributed by atoms with Crippen LogP contribution in [0, 0.1) is 0 Å². The predicted molar refractivity (Wildman–Crippen MR) is 22.3 cm³/mol. The molecule has 0 aliphatic heterocycles. The maximum absolute atomic E-state index is 9.15. The normalized spacial score (nSPS) is 5.71. The predicted octanol–water partition coefficient (Wildman–Crippen LogP) is -0.811. The molecule has 0 rings (SSSR count). The topological polar surface area (TPSA) is 63.6 Å². The van der Waals surface area contributed by atoms with Crippen LogP contribution in [-0.4, -0.2) is 36.6 Å². The van der Waals surface area contributed by atoms with E-state index in [9.17, 15) is 0 Å². The molecule has 36 valence electrons. The van der Waals surface area contributed by atoms with Gasteiger partial charge in [-0.2, -0.15) is 0 Å². The third kappa shape index (κ3) is 10.8. The van der Waals surface area contributed by atoms with Gasteiger partial charge in [-0.25, -0.2) is 4.79 Å². The monoisotopic (exact) mass is 98.0 g/mol. The summed E-state index contributed by atoms with van der Waals surface area (Å²) in [5.41, 5.74) is 0. The molecule has 0 aliphatic carbocycles. The Morgan fingerprint density at radius 3 is 2.14 bits per heavy atom. The van der Waals surface area contributed by atoms with Gasteiger partial charge < -0.3 is 9.84 Å². The molecule has 0 radical (unpaired) electrons. The zero-order chi connectivity index (χ0) is 4.99. The first-order valence-corrected chi connectivity index (χ1v) is 1.10. The van der Waals surface area contributed by atoms with Crippen molar-refractivity contribution in [1.29, 1.82) is 0 Å². The van der Waals surface area contributed by atoms with E-state index in [4.69, 9.17) is 14.7 Å². The molecule has 0 unspecified atom stereocenters. The second-order valence-corrected chi connectivity index (χ2v) is 0.480. The average Bonchev–Trinajstić information content (AvgIpc) is 1.35. The summed E-state index contributed by atoms with van der Waals surface area (Å²) >= 11 is 0. The summed E-state index contributed by atoms with van der Waals surface area (Å²) in [6.07, 6.45) is -1.58. The third-order valence-electron chi connectivity index (χ3n) is 0.149. The van der Waals surface area contributed by atoms with Crippen LogP contribution in [0.25, 0.3) is 0 Å². The van der Waals surface area contributed by atoms with Crippen LogP contribution in [0.1, 0.15) is 0 Å². The van der Waals surface area contributed by atoms with Gasteiger partial charge in [-0.3, -0.25) is 4.79 Å². The van der Waals surface area contributed by atoms with Gasteiger partial charge in [0, 0.05) is 0 Å².